The summed E-state index contributed by atoms with van der Waals surface area (Å²) >= 11 is 0. The van der Waals surface area contributed by atoms with Crippen LogP contribution >= 0.6 is 0 Å². The van der Waals surface area contributed by atoms with E-state index in [2.05, 4.69) is 20.4 Å². The van der Waals surface area contributed by atoms with Gasteiger partial charge in [0.1, 0.15) is 11.5 Å². The first-order chi connectivity index (χ1) is 12.1. The van der Waals surface area contributed by atoms with E-state index in [-0.39, 0.29) is 11.3 Å². The number of furan rings is 1. The molecule has 2 aromatic rings. The number of ether oxygens (including phenoxy) is 1. The molecular formula is C18H22N4O3. The maximum atomic E-state index is 12.3. The maximum absolute atomic E-state index is 12.3. The molecule has 7 heteroatoms. The van der Waals surface area contributed by atoms with Crippen LogP contribution in [0, 0.1) is 18.3 Å². The van der Waals surface area contributed by atoms with Gasteiger partial charge in [0.05, 0.1) is 37.7 Å². The third-order valence-electron chi connectivity index (χ3n) is 5.21. The van der Waals surface area contributed by atoms with Gasteiger partial charge in [-0.25, -0.2) is 0 Å². The maximum Gasteiger partial charge on any atom is 0.252 e. The Kier molecular flexibility index (Phi) is 4.27. The Morgan fingerprint density at radius 3 is 3.08 bits per heavy atom. The van der Waals surface area contributed by atoms with Gasteiger partial charge in [0, 0.05) is 31.0 Å². The van der Waals surface area contributed by atoms with E-state index in [0.717, 1.165) is 37.8 Å². The Morgan fingerprint density at radius 2 is 2.32 bits per heavy atom. The van der Waals surface area contributed by atoms with Crippen molar-refractivity contribution in [1.82, 2.24) is 20.4 Å². The molecule has 2 fully saturated rings. The van der Waals surface area contributed by atoms with Crippen molar-refractivity contribution in [2.45, 2.75) is 13.5 Å². The Labute approximate surface area is 146 Å². The Bertz CT molecular complexity index is 748. The van der Waals surface area contributed by atoms with Crippen LogP contribution in [-0.2, 0) is 11.3 Å². The second-order valence-electron chi connectivity index (χ2n) is 7.07. The molecule has 2 atom stereocenters. The first-order valence-electron chi connectivity index (χ1n) is 8.55. The molecule has 1 N–H and O–H groups in total. The number of aromatic nitrogens is 2. The minimum absolute atomic E-state index is 0.0300. The number of carbonyl (C=O) groups excluding carboxylic acids is 1. The van der Waals surface area contributed by atoms with Crippen molar-refractivity contribution in [3.05, 3.63) is 47.7 Å². The molecule has 0 bridgehead atoms. The van der Waals surface area contributed by atoms with Crippen LogP contribution in [0.4, 0.5) is 0 Å². The molecule has 0 unspecified atom stereocenters. The van der Waals surface area contributed by atoms with Gasteiger partial charge in [-0.05, 0) is 25.1 Å². The molecule has 4 rings (SSSR count). The van der Waals surface area contributed by atoms with E-state index >= 15 is 0 Å². The van der Waals surface area contributed by atoms with Gasteiger partial charge in [-0.1, -0.05) is 0 Å². The van der Waals surface area contributed by atoms with Crippen LogP contribution in [-0.4, -0.2) is 53.9 Å². The van der Waals surface area contributed by atoms with Gasteiger partial charge in [-0.2, -0.15) is 10.2 Å². The number of fused-ring (bicyclic) bond motifs is 1. The summed E-state index contributed by atoms with van der Waals surface area (Å²) in [5.74, 6) is 2.24. The number of hydrogen-bond donors (Lipinski definition) is 1. The van der Waals surface area contributed by atoms with Gasteiger partial charge in [0.2, 0.25) is 0 Å². The molecule has 2 saturated heterocycles. The molecule has 1 amide bonds. The van der Waals surface area contributed by atoms with Gasteiger partial charge in [-0.3, -0.25) is 9.69 Å². The van der Waals surface area contributed by atoms with E-state index < -0.39 is 0 Å². The zero-order valence-electron chi connectivity index (χ0n) is 14.3. The summed E-state index contributed by atoms with van der Waals surface area (Å²) in [6, 6.07) is 5.70. The summed E-state index contributed by atoms with van der Waals surface area (Å²) in [7, 11) is 0. The third kappa shape index (κ3) is 3.29. The van der Waals surface area contributed by atoms with Crippen LogP contribution in [0.25, 0.3) is 0 Å². The second kappa shape index (κ2) is 6.57. The van der Waals surface area contributed by atoms with Crippen molar-refractivity contribution in [2.75, 3.05) is 32.8 Å². The largest absolute Gasteiger partial charge is 0.465 e. The van der Waals surface area contributed by atoms with Gasteiger partial charge >= 0.3 is 0 Å². The number of hydrogen-bond acceptors (Lipinski definition) is 6. The molecule has 0 saturated carbocycles. The number of aryl methyl sites for hydroxylation is 1. The van der Waals surface area contributed by atoms with E-state index in [4.69, 9.17) is 9.15 Å². The zero-order valence-corrected chi connectivity index (χ0v) is 14.3. The quantitative estimate of drug-likeness (QED) is 0.881. The van der Waals surface area contributed by atoms with Crippen LogP contribution in [0.15, 0.2) is 35.0 Å². The van der Waals surface area contributed by atoms with Crippen molar-refractivity contribution < 1.29 is 13.9 Å². The number of nitrogens with zero attached hydrogens (tertiary/aromatic N) is 3. The number of nitrogens with one attached hydrogen (secondary N) is 1. The Hall–Kier alpha value is -2.25. The van der Waals surface area contributed by atoms with Crippen LogP contribution in [0.5, 0.6) is 0 Å². The topological polar surface area (TPSA) is 80.5 Å². The van der Waals surface area contributed by atoms with Crippen molar-refractivity contribution >= 4 is 5.91 Å². The van der Waals surface area contributed by atoms with E-state index in [0.29, 0.717) is 24.6 Å². The molecule has 2 aliphatic rings. The summed E-state index contributed by atoms with van der Waals surface area (Å²) < 4.78 is 11.4. The predicted octanol–water partition coefficient (Wildman–Crippen LogP) is 1.26. The fourth-order valence-electron chi connectivity index (χ4n) is 3.89. The molecule has 2 aromatic heterocycles. The molecule has 0 aliphatic carbocycles. The van der Waals surface area contributed by atoms with Crippen LogP contribution < -0.4 is 5.32 Å². The third-order valence-corrected chi connectivity index (χ3v) is 5.21. The Morgan fingerprint density at radius 1 is 1.40 bits per heavy atom. The fourth-order valence-corrected chi connectivity index (χ4v) is 3.89. The lowest BCUT2D eigenvalue weighted by Crippen LogP contribution is -2.43. The number of carbonyl (C=O) groups is 1. The summed E-state index contributed by atoms with van der Waals surface area (Å²) in [6.45, 7) is 6.65. The molecule has 132 valence electrons. The highest BCUT2D eigenvalue weighted by atomic mass is 16.5. The minimum atomic E-state index is -0.116. The predicted molar refractivity (Wildman–Crippen MR) is 89.8 cm³/mol. The van der Waals surface area contributed by atoms with Gasteiger partial charge in [-0.15, -0.1) is 0 Å². The molecule has 4 heterocycles. The molecule has 7 nitrogen and oxygen atoms in total. The molecule has 25 heavy (non-hydrogen) atoms. The van der Waals surface area contributed by atoms with Crippen molar-refractivity contribution in [3.63, 3.8) is 0 Å². The monoisotopic (exact) mass is 342 g/mol. The molecule has 0 radical (unpaired) electrons. The van der Waals surface area contributed by atoms with Crippen LogP contribution in [0.2, 0.25) is 0 Å². The van der Waals surface area contributed by atoms with Crippen molar-refractivity contribution in [1.29, 1.82) is 0 Å². The van der Waals surface area contributed by atoms with Crippen LogP contribution in [0.3, 0.4) is 0 Å². The zero-order chi connectivity index (χ0) is 17.3. The first kappa shape index (κ1) is 16.2. The fraction of sp³-hybridized carbons (Fsp3) is 0.500. The summed E-state index contributed by atoms with van der Waals surface area (Å²) in [4.78, 5) is 14.7. The molecule has 2 aliphatic heterocycles. The van der Waals surface area contributed by atoms with Crippen molar-refractivity contribution in [3.8, 4) is 0 Å². The van der Waals surface area contributed by atoms with Gasteiger partial charge < -0.3 is 14.5 Å². The molecule has 0 aromatic carbocycles. The van der Waals surface area contributed by atoms with Gasteiger partial charge in [0.15, 0.2) is 0 Å². The summed E-state index contributed by atoms with van der Waals surface area (Å²) in [6.07, 6.45) is 3.01. The number of likely N-dealkylation sites (tertiary alicyclic amines) is 1. The normalized spacial score (nSPS) is 25.9. The van der Waals surface area contributed by atoms with Gasteiger partial charge in [0.25, 0.3) is 5.91 Å². The average Bonchev–Trinajstić information content (AvgIpc) is 3.28. The lowest BCUT2D eigenvalue weighted by molar-refractivity contribution is 0.0901. The SMILES string of the molecule is Cc1ccc(CN2C[C@@H]3COC[C@]3(CNC(=O)c3ccnnc3)C2)o1. The standard InChI is InChI=1S/C18H22N4O3/c1-13-2-3-16(25-13)8-22-7-15-9-24-12-18(15,11-22)10-19-17(23)14-4-5-20-21-6-14/h2-6,15H,7-12H2,1H3,(H,19,23)/t15-,18+/m1/s1. The lowest BCUT2D eigenvalue weighted by Gasteiger charge is -2.27. The van der Waals surface area contributed by atoms with Crippen LogP contribution in [0.1, 0.15) is 21.9 Å². The van der Waals surface area contributed by atoms with E-state index in [9.17, 15) is 4.79 Å². The number of amides is 1. The first-order valence-corrected chi connectivity index (χ1v) is 8.55. The number of rotatable bonds is 5. The molecule has 0 spiro atoms. The van der Waals surface area contributed by atoms with E-state index in [1.807, 2.05) is 19.1 Å². The van der Waals surface area contributed by atoms with E-state index in [1.54, 1.807) is 6.07 Å². The second-order valence-corrected chi connectivity index (χ2v) is 7.07. The summed E-state index contributed by atoms with van der Waals surface area (Å²) in [5, 5.41) is 10.5. The highest BCUT2D eigenvalue weighted by molar-refractivity contribution is 5.93. The lowest BCUT2D eigenvalue weighted by atomic mass is 9.81. The molecular weight excluding hydrogens is 320 g/mol. The van der Waals surface area contributed by atoms with Crippen molar-refractivity contribution in [2.24, 2.45) is 11.3 Å². The van der Waals surface area contributed by atoms with E-state index in [1.165, 1.54) is 12.4 Å². The minimum Gasteiger partial charge on any atom is -0.465 e. The Balaban J connectivity index is 1.40. The average molecular weight is 342 g/mol. The summed E-state index contributed by atoms with van der Waals surface area (Å²) in [5.41, 5.74) is 0.500. The highest BCUT2D eigenvalue weighted by Crippen LogP contribution is 2.41. The smallest absolute Gasteiger partial charge is 0.252 e. The highest BCUT2D eigenvalue weighted by Gasteiger charge is 2.50.